The van der Waals surface area contributed by atoms with Crippen molar-refractivity contribution in [3.05, 3.63) is 59.3 Å². The number of aromatic nitrogens is 3. The van der Waals surface area contributed by atoms with Gasteiger partial charge >= 0.3 is 6.18 Å². The quantitative estimate of drug-likeness (QED) is 0.674. The average molecular weight is 419 g/mol. The van der Waals surface area contributed by atoms with E-state index in [9.17, 15) is 18.0 Å². The first-order valence-corrected chi connectivity index (χ1v) is 8.87. The van der Waals surface area contributed by atoms with Gasteiger partial charge in [0.15, 0.2) is 23.0 Å². The van der Waals surface area contributed by atoms with Gasteiger partial charge in [0.25, 0.3) is 5.91 Å². The van der Waals surface area contributed by atoms with Gasteiger partial charge in [0.2, 0.25) is 0 Å². The molecule has 0 bridgehead atoms. The summed E-state index contributed by atoms with van der Waals surface area (Å²) in [7, 11) is 0. The van der Waals surface area contributed by atoms with Crippen LogP contribution in [0.5, 0.6) is 11.5 Å². The average Bonchev–Trinajstić information content (AvgIpc) is 3.08. The molecule has 0 saturated heterocycles. The summed E-state index contributed by atoms with van der Waals surface area (Å²) in [6, 6.07) is 9.67. The molecule has 3 aromatic rings. The molecule has 8 nitrogen and oxygen atoms in total. The highest BCUT2D eigenvalue weighted by Gasteiger charge is 2.30. The highest BCUT2D eigenvalue weighted by Crippen LogP contribution is 2.33. The van der Waals surface area contributed by atoms with Gasteiger partial charge in [-0.3, -0.25) is 4.79 Å². The van der Waals surface area contributed by atoms with Crippen molar-refractivity contribution >= 4 is 17.4 Å². The number of nitrogens with zero attached hydrogens (tertiary/aromatic N) is 3. The number of nitrogens with one attached hydrogen (secondary N) is 1. The summed E-state index contributed by atoms with van der Waals surface area (Å²) < 4.78 is 50.7. The lowest BCUT2D eigenvalue weighted by Crippen LogP contribution is -2.17. The SMILES string of the molecule is Nc1c(C(=O)Nc2ccc3c(c2)OCCO3)nnn1Cc1cccc(C(F)(F)F)c1. The van der Waals surface area contributed by atoms with Crippen LogP contribution in [0.3, 0.4) is 0 Å². The summed E-state index contributed by atoms with van der Waals surface area (Å²) in [4.78, 5) is 12.5. The third-order valence-corrected chi connectivity index (χ3v) is 4.38. The van der Waals surface area contributed by atoms with Crippen molar-refractivity contribution in [1.82, 2.24) is 15.0 Å². The maximum absolute atomic E-state index is 12.9. The highest BCUT2D eigenvalue weighted by atomic mass is 19.4. The molecule has 0 radical (unpaired) electrons. The van der Waals surface area contributed by atoms with Crippen LogP contribution >= 0.6 is 0 Å². The Balaban J connectivity index is 1.50. The maximum atomic E-state index is 12.9. The van der Waals surface area contributed by atoms with E-state index in [2.05, 4.69) is 15.6 Å². The molecule has 1 aliphatic rings. The van der Waals surface area contributed by atoms with E-state index in [1.54, 1.807) is 18.2 Å². The zero-order chi connectivity index (χ0) is 21.3. The minimum absolute atomic E-state index is 0.0672. The van der Waals surface area contributed by atoms with Crippen molar-refractivity contribution in [2.75, 3.05) is 24.3 Å². The molecular formula is C19H16F3N5O3. The second kappa shape index (κ2) is 7.58. The Morgan fingerprint density at radius 2 is 1.90 bits per heavy atom. The molecule has 11 heteroatoms. The van der Waals surface area contributed by atoms with Crippen LogP contribution in [0, 0.1) is 0 Å². The van der Waals surface area contributed by atoms with E-state index in [4.69, 9.17) is 15.2 Å². The van der Waals surface area contributed by atoms with E-state index in [1.807, 2.05) is 0 Å². The van der Waals surface area contributed by atoms with E-state index in [0.29, 0.717) is 36.0 Å². The van der Waals surface area contributed by atoms with Crippen LogP contribution < -0.4 is 20.5 Å². The molecule has 0 spiro atoms. The van der Waals surface area contributed by atoms with Crippen molar-refractivity contribution in [1.29, 1.82) is 0 Å². The van der Waals surface area contributed by atoms with Crippen LogP contribution in [0.2, 0.25) is 0 Å². The third-order valence-electron chi connectivity index (χ3n) is 4.38. The molecule has 1 aliphatic heterocycles. The lowest BCUT2D eigenvalue weighted by Gasteiger charge is -2.18. The van der Waals surface area contributed by atoms with E-state index >= 15 is 0 Å². The van der Waals surface area contributed by atoms with Crippen LogP contribution in [0.25, 0.3) is 0 Å². The number of hydrogen-bond acceptors (Lipinski definition) is 6. The Hall–Kier alpha value is -3.76. The van der Waals surface area contributed by atoms with Gasteiger partial charge in [-0.25, -0.2) is 4.68 Å². The first-order valence-electron chi connectivity index (χ1n) is 8.87. The Kier molecular flexibility index (Phi) is 4.94. The monoisotopic (exact) mass is 419 g/mol. The number of hydrogen-bond donors (Lipinski definition) is 2. The number of benzene rings is 2. The Bertz CT molecular complexity index is 1100. The molecule has 1 amide bonds. The zero-order valence-corrected chi connectivity index (χ0v) is 15.4. The number of alkyl halides is 3. The summed E-state index contributed by atoms with van der Waals surface area (Å²) in [5.74, 6) is 0.396. The lowest BCUT2D eigenvalue weighted by atomic mass is 10.1. The number of anilines is 2. The topological polar surface area (TPSA) is 104 Å². The number of fused-ring (bicyclic) bond motifs is 1. The Labute approximate surface area is 168 Å². The highest BCUT2D eigenvalue weighted by molar-refractivity contribution is 6.05. The molecule has 156 valence electrons. The second-order valence-corrected chi connectivity index (χ2v) is 6.49. The molecule has 0 unspecified atom stereocenters. The molecule has 3 N–H and O–H groups in total. The molecule has 30 heavy (non-hydrogen) atoms. The summed E-state index contributed by atoms with van der Waals surface area (Å²) in [5, 5.41) is 10.2. The van der Waals surface area contributed by atoms with Gasteiger partial charge in [-0.2, -0.15) is 13.2 Å². The van der Waals surface area contributed by atoms with Gasteiger partial charge in [-0.1, -0.05) is 17.3 Å². The number of amides is 1. The number of halogens is 3. The molecule has 0 saturated carbocycles. The summed E-state index contributed by atoms with van der Waals surface area (Å²) in [6.45, 7) is 0.783. The standard InChI is InChI=1S/C19H16F3N5O3/c20-19(21,22)12-3-1-2-11(8-12)10-27-17(23)16(25-26-27)18(28)24-13-4-5-14-15(9-13)30-7-6-29-14/h1-5,8-9H,6-7,10,23H2,(H,24,28). The second-order valence-electron chi connectivity index (χ2n) is 6.49. The molecule has 2 aromatic carbocycles. The fourth-order valence-corrected chi connectivity index (χ4v) is 2.93. The lowest BCUT2D eigenvalue weighted by molar-refractivity contribution is -0.137. The molecular weight excluding hydrogens is 403 g/mol. The zero-order valence-electron chi connectivity index (χ0n) is 15.4. The van der Waals surface area contributed by atoms with Crippen LogP contribution in [-0.4, -0.2) is 34.1 Å². The summed E-state index contributed by atoms with van der Waals surface area (Å²) in [6.07, 6.45) is -4.46. The van der Waals surface area contributed by atoms with Crippen LogP contribution in [0.1, 0.15) is 21.6 Å². The molecule has 2 heterocycles. The number of ether oxygens (including phenoxy) is 2. The van der Waals surface area contributed by atoms with E-state index < -0.39 is 17.6 Å². The largest absolute Gasteiger partial charge is 0.486 e. The van der Waals surface area contributed by atoms with Crippen molar-refractivity contribution in [3.8, 4) is 11.5 Å². The predicted molar refractivity (Wildman–Crippen MR) is 100 cm³/mol. The van der Waals surface area contributed by atoms with Gasteiger partial charge in [0, 0.05) is 11.8 Å². The number of nitrogens with two attached hydrogens (primary N) is 1. The van der Waals surface area contributed by atoms with Crippen LogP contribution in [0.15, 0.2) is 42.5 Å². The van der Waals surface area contributed by atoms with Crippen molar-refractivity contribution in [2.45, 2.75) is 12.7 Å². The Morgan fingerprint density at radius 3 is 2.67 bits per heavy atom. The fraction of sp³-hybridized carbons (Fsp3) is 0.211. The normalized spacial score (nSPS) is 13.2. The molecule has 0 atom stereocenters. The van der Waals surface area contributed by atoms with Crippen LogP contribution in [0.4, 0.5) is 24.7 Å². The summed E-state index contributed by atoms with van der Waals surface area (Å²) >= 11 is 0. The first kappa shape index (κ1) is 19.6. The van der Waals surface area contributed by atoms with Crippen molar-refractivity contribution < 1.29 is 27.4 Å². The molecule has 0 fully saturated rings. The minimum atomic E-state index is -4.46. The maximum Gasteiger partial charge on any atom is 0.416 e. The fourth-order valence-electron chi connectivity index (χ4n) is 2.93. The van der Waals surface area contributed by atoms with Gasteiger partial charge in [0.05, 0.1) is 12.1 Å². The van der Waals surface area contributed by atoms with E-state index in [0.717, 1.165) is 16.8 Å². The molecule has 1 aromatic heterocycles. The third kappa shape index (κ3) is 4.00. The van der Waals surface area contributed by atoms with E-state index in [1.165, 1.54) is 12.1 Å². The van der Waals surface area contributed by atoms with Gasteiger partial charge < -0.3 is 20.5 Å². The number of rotatable bonds is 4. The minimum Gasteiger partial charge on any atom is -0.486 e. The number of carbonyl (C=O) groups excluding carboxylic acids is 1. The number of carbonyl (C=O) groups is 1. The smallest absolute Gasteiger partial charge is 0.416 e. The van der Waals surface area contributed by atoms with E-state index in [-0.39, 0.29) is 18.1 Å². The predicted octanol–water partition coefficient (Wildman–Crippen LogP) is 2.95. The van der Waals surface area contributed by atoms with Gasteiger partial charge in [-0.15, -0.1) is 5.10 Å². The van der Waals surface area contributed by atoms with Gasteiger partial charge in [0.1, 0.15) is 13.2 Å². The van der Waals surface area contributed by atoms with Crippen molar-refractivity contribution in [2.24, 2.45) is 0 Å². The van der Waals surface area contributed by atoms with Gasteiger partial charge in [-0.05, 0) is 29.8 Å². The summed E-state index contributed by atoms with van der Waals surface area (Å²) in [5.41, 5.74) is 5.79. The first-order chi connectivity index (χ1) is 14.3. The Morgan fingerprint density at radius 1 is 1.13 bits per heavy atom. The molecule has 4 rings (SSSR count). The molecule has 0 aliphatic carbocycles. The van der Waals surface area contributed by atoms with Crippen LogP contribution in [-0.2, 0) is 12.7 Å². The van der Waals surface area contributed by atoms with Crippen molar-refractivity contribution in [3.63, 3.8) is 0 Å². The number of nitrogen functional groups attached to an aromatic ring is 1.